The second-order valence-electron chi connectivity index (χ2n) is 4.84. The van der Waals surface area contributed by atoms with Crippen LogP contribution in [0.5, 0.6) is 5.88 Å². The molecule has 1 aromatic carbocycles. The Hall–Kier alpha value is -3.23. The van der Waals surface area contributed by atoms with Crippen LogP contribution in [0.25, 0.3) is 0 Å². The topological polar surface area (TPSA) is 137 Å². The fourth-order valence-electron chi connectivity index (χ4n) is 1.73. The van der Waals surface area contributed by atoms with Crippen molar-refractivity contribution in [3.8, 4) is 5.88 Å². The molecule has 0 amide bonds. The molecule has 126 valence electrons. The average Bonchev–Trinajstić information content (AvgIpc) is 2.54. The van der Waals surface area contributed by atoms with Gasteiger partial charge in [-0.05, 0) is 30.7 Å². The molecule has 0 spiro atoms. The highest BCUT2D eigenvalue weighted by atomic mass is 16.5. The van der Waals surface area contributed by atoms with Gasteiger partial charge in [-0.3, -0.25) is 14.8 Å². The smallest absolute Gasteiger partial charge is 0.338 e. The number of azo groups is 1. The Morgan fingerprint density at radius 3 is 2.50 bits per heavy atom. The molecule has 0 unspecified atom stereocenters. The molecule has 24 heavy (non-hydrogen) atoms. The third-order valence-electron chi connectivity index (χ3n) is 3.00. The molecule has 0 radical (unpaired) electrons. The zero-order valence-electron chi connectivity index (χ0n) is 12.9. The molecule has 0 bridgehead atoms. The van der Waals surface area contributed by atoms with E-state index < -0.39 is 28.8 Å². The van der Waals surface area contributed by atoms with Crippen LogP contribution in [0.15, 0.2) is 44.1 Å². The van der Waals surface area contributed by atoms with Crippen molar-refractivity contribution in [2.75, 3.05) is 6.61 Å². The van der Waals surface area contributed by atoms with Crippen molar-refractivity contribution in [3.05, 3.63) is 50.7 Å². The summed E-state index contributed by atoms with van der Waals surface area (Å²) in [6.07, 6.45) is 1.73. The molecular weight excluding hydrogens is 316 g/mol. The van der Waals surface area contributed by atoms with Gasteiger partial charge < -0.3 is 9.84 Å². The van der Waals surface area contributed by atoms with E-state index in [4.69, 9.17) is 4.74 Å². The van der Waals surface area contributed by atoms with Gasteiger partial charge in [0.2, 0.25) is 11.6 Å². The molecule has 0 atom stereocenters. The Kier molecular flexibility index (Phi) is 5.61. The summed E-state index contributed by atoms with van der Waals surface area (Å²) in [5, 5.41) is 16.9. The number of carbonyl (C=O) groups excluding carboxylic acids is 1. The van der Waals surface area contributed by atoms with Crippen LogP contribution in [0.4, 0.5) is 11.4 Å². The number of hydrogen-bond acceptors (Lipinski definition) is 7. The minimum absolute atomic E-state index is 0.352. The molecular formula is C15H16N4O5. The van der Waals surface area contributed by atoms with Crippen LogP contribution in [-0.2, 0) is 4.74 Å². The van der Waals surface area contributed by atoms with Crippen molar-refractivity contribution in [2.24, 2.45) is 10.2 Å². The molecule has 0 saturated heterocycles. The van der Waals surface area contributed by atoms with E-state index in [1.165, 1.54) is 24.3 Å². The Morgan fingerprint density at radius 2 is 1.88 bits per heavy atom. The summed E-state index contributed by atoms with van der Waals surface area (Å²) >= 11 is 0. The summed E-state index contributed by atoms with van der Waals surface area (Å²) in [6.45, 7) is 2.37. The van der Waals surface area contributed by atoms with Crippen LogP contribution < -0.4 is 11.2 Å². The predicted molar refractivity (Wildman–Crippen MR) is 85.2 cm³/mol. The maximum absolute atomic E-state index is 11.7. The SMILES string of the molecule is CCCCOC(=O)c1ccc(N=Nc2c(O)[nH]c(=O)[nH]c2=O)cc1. The minimum Gasteiger partial charge on any atom is -0.493 e. The second-order valence-corrected chi connectivity index (χ2v) is 4.84. The zero-order chi connectivity index (χ0) is 17.5. The summed E-state index contributed by atoms with van der Waals surface area (Å²) < 4.78 is 5.08. The van der Waals surface area contributed by atoms with E-state index in [0.717, 1.165) is 12.8 Å². The molecule has 0 aliphatic carbocycles. The van der Waals surface area contributed by atoms with E-state index in [9.17, 15) is 19.5 Å². The molecule has 2 aromatic rings. The number of nitrogens with zero attached hydrogens (tertiary/aromatic N) is 2. The van der Waals surface area contributed by atoms with E-state index in [-0.39, 0.29) is 0 Å². The van der Waals surface area contributed by atoms with Crippen molar-refractivity contribution in [2.45, 2.75) is 19.8 Å². The largest absolute Gasteiger partial charge is 0.493 e. The molecule has 0 fully saturated rings. The fourth-order valence-corrected chi connectivity index (χ4v) is 1.73. The Labute approximate surface area is 136 Å². The first kappa shape index (κ1) is 17.1. The van der Waals surface area contributed by atoms with Crippen molar-refractivity contribution in [3.63, 3.8) is 0 Å². The van der Waals surface area contributed by atoms with Gasteiger partial charge >= 0.3 is 11.7 Å². The number of aromatic hydroxyl groups is 1. The summed E-state index contributed by atoms with van der Waals surface area (Å²) in [5.41, 5.74) is -1.41. The van der Waals surface area contributed by atoms with Crippen LogP contribution in [0.1, 0.15) is 30.1 Å². The lowest BCUT2D eigenvalue weighted by Gasteiger charge is -2.03. The van der Waals surface area contributed by atoms with Gasteiger partial charge in [0.05, 0.1) is 17.9 Å². The highest BCUT2D eigenvalue weighted by Crippen LogP contribution is 2.20. The van der Waals surface area contributed by atoms with E-state index in [0.29, 0.717) is 17.9 Å². The van der Waals surface area contributed by atoms with E-state index >= 15 is 0 Å². The number of H-pyrrole nitrogens is 2. The van der Waals surface area contributed by atoms with Crippen LogP contribution in [0.2, 0.25) is 0 Å². The van der Waals surface area contributed by atoms with Crippen LogP contribution in [0.3, 0.4) is 0 Å². The first-order valence-corrected chi connectivity index (χ1v) is 7.25. The number of rotatable bonds is 6. The van der Waals surface area contributed by atoms with Gasteiger partial charge in [-0.25, -0.2) is 9.59 Å². The molecule has 0 saturated carbocycles. The van der Waals surface area contributed by atoms with Gasteiger partial charge in [0, 0.05) is 0 Å². The first-order valence-electron chi connectivity index (χ1n) is 7.25. The van der Waals surface area contributed by atoms with Gasteiger partial charge in [0.25, 0.3) is 5.56 Å². The number of carbonyl (C=O) groups is 1. The quantitative estimate of drug-likeness (QED) is 0.423. The highest BCUT2D eigenvalue weighted by Gasteiger charge is 2.08. The summed E-state index contributed by atoms with van der Waals surface area (Å²) in [5.74, 6) is -1.11. The second kappa shape index (κ2) is 7.86. The third-order valence-corrected chi connectivity index (χ3v) is 3.00. The summed E-state index contributed by atoms with van der Waals surface area (Å²) in [7, 11) is 0. The first-order chi connectivity index (χ1) is 11.5. The van der Waals surface area contributed by atoms with Gasteiger partial charge in [0.1, 0.15) is 0 Å². The van der Waals surface area contributed by atoms with Gasteiger partial charge in [-0.15, -0.1) is 5.11 Å². The van der Waals surface area contributed by atoms with Crippen molar-refractivity contribution < 1.29 is 14.6 Å². The summed E-state index contributed by atoms with van der Waals surface area (Å²) in [4.78, 5) is 38.1. The number of ether oxygens (including phenoxy) is 1. The number of aromatic amines is 2. The molecule has 1 aromatic heterocycles. The number of unbranched alkanes of at least 4 members (excludes halogenated alkanes) is 1. The zero-order valence-corrected chi connectivity index (χ0v) is 12.9. The monoisotopic (exact) mass is 332 g/mol. The molecule has 1 heterocycles. The molecule has 9 heteroatoms. The minimum atomic E-state index is -0.865. The molecule has 0 aliphatic rings. The molecule has 0 aliphatic heterocycles. The number of nitrogens with one attached hydrogen (secondary N) is 2. The average molecular weight is 332 g/mol. The fraction of sp³-hybridized carbons (Fsp3) is 0.267. The van der Waals surface area contributed by atoms with Crippen LogP contribution >= 0.6 is 0 Å². The maximum atomic E-state index is 11.7. The van der Waals surface area contributed by atoms with Crippen molar-refractivity contribution in [1.29, 1.82) is 0 Å². The Bertz CT molecular complexity index is 851. The normalized spacial score (nSPS) is 10.9. The molecule has 9 nitrogen and oxygen atoms in total. The highest BCUT2D eigenvalue weighted by molar-refractivity contribution is 5.89. The number of hydrogen-bond donors (Lipinski definition) is 3. The van der Waals surface area contributed by atoms with Crippen molar-refractivity contribution in [1.82, 2.24) is 9.97 Å². The molecule has 3 N–H and O–H groups in total. The Balaban J connectivity index is 2.10. The lowest BCUT2D eigenvalue weighted by molar-refractivity contribution is 0.0500. The van der Waals surface area contributed by atoms with E-state index in [1.54, 1.807) is 0 Å². The van der Waals surface area contributed by atoms with Gasteiger partial charge in [-0.1, -0.05) is 13.3 Å². The lowest BCUT2D eigenvalue weighted by Crippen LogP contribution is -2.20. The number of benzene rings is 1. The number of aromatic nitrogens is 2. The molecule has 2 rings (SSSR count). The predicted octanol–water partition coefficient (Wildman–Crippen LogP) is 2.14. The lowest BCUT2D eigenvalue weighted by atomic mass is 10.2. The van der Waals surface area contributed by atoms with Gasteiger partial charge in [-0.2, -0.15) is 5.11 Å². The Morgan fingerprint density at radius 1 is 1.17 bits per heavy atom. The number of esters is 1. The summed E-state index contributed by atoms with van der Waals surface area (Å²) in [6, 6.07) is 6.05. The van der Waals surface area contributed by atoms with Crippen LogP contribution in [0, 0.1) is 0 Å². The van der Waals surface area contributed by atoms with Gasteiger partial charge in [0.15, 0.2) is 0 Å². The van der Waals surface area contributed by atoms with E-state index in [2.05, 4.69) is 10.2 Å². The standard InChI is InChI=1S/C15H16N4O5/c1-2-3-8-24-14(22)9-4-6-10(7-5-9)18-19-11-12(20)16-15(23)17-13(11)21/h4-7H,2-3,8H2,1H3,(H3,16,17,20,21,23). The van der Waals surface area contributed by atoms with E-state index in [1.807, 2.05) is 16.9 Å². The third kappa shape index (κ3) is 4.38. The maximum Gasteiger partial charge on any atom is 0.338 e. The van der Waals surface area contributed by atoms with Crippen LogP contribution in [-0.4, -0.2) is 27.7 Å². The van der Waals surface area contributed by atoms with Crippen molar-refractivity contribution >= 4 is 17.3 Å².